The van der Waals surface area contributed by atoms with Crippen LogP contribution < -0.4 is 10.6 Å². The highest BCUT2D eigenvalue weighted by molar-refractivity contribution is 8.01. The van der Waals surface area contributed by atoms with Crippen LogP contribution in [-0.2, 0) is 14.3 Å². The number of carbonyl (C=O) groups is 2. The van der Waals surface area contributed by atoms with Crippen molar-refractivity contribution in [1.29, 1.82) is 0 Å². The van der Waals surface area contributed by atoms with E-state index in [1.54, 1.807) is 0 Å². The summed E-state index contributed by atoms with van der Waals surface area (Å²) in [6.07, 6.45) is 0.535. The lowest BCUT2D eigenvalue weighted by atomic mass is 10.0. The molecule has 2 rings (SSSR count). The summed E-state index contributed by atoms with van der Waals surface area (Å²) in [4.78, 5) is 23.9. The number of nitrogens with zero attached hydrogens (tertiary/aromatic N) is 2. The van der Waals surface area contributed by atoms with E-state index in [0.717, 1.165) is 5.69 Å². The smallest absolute Gasteiger partial charge is 0.328 e. The third-order valence-corrected chi connectivity index (χ3v) is 5.26. The van der Waals surface area contributed by atoms with E-state index in [1.807, 2.05) is 44.2 Å². The first-order valence-corrected chi connectivity index (χ1v) is 9.93. The summed E-state index contributed by atoms with van der Waals surface area (Å²) in [6, 6.07) is 9.03. The number of benzene rings is 1. The molecule has 0 bridgehead atoms. The number of amides is 1. The van der Waals surface area contributed by atoms with E-state index in [4.69, 9.17) is 4.74 Å². The molecule has 140 valence electrons. The van der Waals surface area contributed by atoms with E-state index in [-0.39, 0.29) is 17.6 Å². The molecule has 1 aromatic heterocycles. The van der Waals surface area contributed by atoms with Crippen LogP contribution in [0, 0.1) is 5.92 Å². The molecule has 0 saturated heterocycles. The number of carbonyl (C=O) groups excluding carboxylic acids is 2. The first-order valence-electron chi connectivity index (χ1n) is 8.13. The Hall–Kier alpha value is -2.13. The van der Waals surface area contributed by atoms with Crippen molar-refractivity contribution in [3.05, 3.63) is 30.3 Å². The van der Waals surface area contributed by atoms with Crippen molar-refractivity contribution in [3.63, 3.8) is 0 Å². The predicted molar refractivity (Wildman–Crippen MR) is 104 cm³/mol. The van der Waals surface area contributed by atoms with Gasteiger partial charge in [0.1, 0.15) is 6.04 Å². The number of thioether (sulfide) groups is 1. The first kappa shape index (κ1) is 20.2. The van der Waals surface area contributed by atoms with Gasteiger partial charge in [0.05, 0.1) is 12.9 Å². The van der Waals surface area contributed by atoms with E-state index >= 15 is 0 Å². The standard InChI is InChI=1S/C17H22N4O3S2/c1-11(2)9-13(15(23)24-3)19-14(22)10-25-17-21-20-16(26-17)18-12-7-5-4-6-8-12/h4-8,11,13H,9-10H2,1-3H3,(H,18,20)(H,19,22)/t13-/m0/s1. The second-order valence-electron chi connectivity index (χ2n) is 5.93. The molecule has 7 nitrogen and oxygen atoms in total. The summed E-state index contributed by atoms with van der Waals surface area (Å²) >= 11 is 2.65. The van der Waals surface area contributed by atoms with Gasteiger partial charge < -0.3 is 15.4 Å². The highest BCUT2D eigenvalue weighted by Crippen LogP contribution is 2.27. The molecule has 0 fully saturated rings. The molecule has 9 heteroatoms. The monoisotopic (exact) mass is 394 g/mol. The van der Waals surface area contributed by atoms with Gasteiger partial charge in [-0.05, 0) is 24.5 Å². The average molecular weight is 395 g/mol. The Morgan fingerprint density at radius 2 is 1.96 bits per heavy atom. The Labute approximate surface area is 160 Å². The molecule has 26 heavy (non-hydrogen) atoms. The van der Waals surface area contributed by atoms with Gasteiger partial charge in [0, 0.05) is 5.69 Å². The van der Waals surface area contributed by atoms with Crippen molar-refractivity contribution in [2.75, 3.05) is 18.2 Å². The SMILES string of the molecule is COC(=O)[C@H](CC(C)C)NC(=O)CSc1nnc(Nc2ccccc2)s1. The minimum atomic E-state index is -0.627. The number of methoxy groups -OCH3 is 1. The third kappa shape index (κ3) is 6.64. The fraction of sp³-hybridized carbons (Fsp3) is 0.412. The number of rotatable bonds is 9. The molecular formula is C17H22N4O3S2. The fourth-order valence-electron chi connectivity index (χ4n) is 2.15. The normalized spacial score (nSPS) is 11.8. The lowest BCUT2D eigenvalue weighted by molar-refractivity contribution is -0.145. The molecule has 0 saturated carbocycles. The maximum Gasteiger partial charge on any atom is 0.328 e. The van der Waals surface area contributed by atoms with Crippen LogP contribution in [0.25, 0.3) is 0 Å². The maximum atomic E-state index is 12.1. The summed E-state index contributed by atoms with van der Waals surface area (Å²) in [7, 11) is 1.32. The minimum absolute atomic E-state index is 0.158. The zero-order chi connectivity index (χ0) is 18.9. The van der Waals surface area contributed by atoms with Crippen LogP contribution in [0.5, 0.6) is 0 Å². The largest absolute Gasteiger partial charge is 0.467 e. The molecule has 0 unspecified atom stereocenters. The van der Waals surface area contributed by atoms with Gasteiger partial charge in [-0.25, -0.2) is 4.79 Å². The quantitative estimate of drug-likeness (QED) is 0.499. The van der Waals surface area contributed by atoms with Gasteiger partial charge in [-0.3, -0.25) is 4.79 Å². The topological polar surface area (TPSA) is 93.2 Å². The number of nitrogens with one attached hydrogen (secondary N) is 2. The number of hydrogen-bond acceptors (Lipinski definition) is 8. The van der Waals surface area contributed by atoms with Crippen LogP contribution in [0.4, 0.5) is 10.8 Å². The van der Waals surface area contributed by atoms with Gasteiger partial charge in [0.2, 0.25) is 11.0 Å². The predicted octanol–water partition coefficient (Wildman–Crippen LogP) is 3.08. The number of para-hydroxylation sites is 1. The number of aromatic nitrogens is 2. The molecule has 2 N–H and O–H groups in total. The second kappa shape index (κ2) is 10.1. The summed E-state index contributed by atoms with van der Waals surface area (Å²) in [5.41, 5.74) is 0.924. The number of anilines is 2. The Kier molecular flexibility index (Phi) is 7.86. The highest BCUT2D eigenvalue weighted by atomic mass is 32.2. The Bertz CT molecular complexity index is 722. The molecule has 2 aromatic rings. The lowest BCUT2D eigenvalue weighted by Gasteiger charge is -2.17. The van der Waals surface area contributed by atoms with Crippen molar-refractivity contribution in [1.82, 2.24) is 15.5 Å². The van der Waals surface area contributed by atoms with Crippen molar-refractivity contribution < 1.29 is 14.3 Å². The van der Waals surface area contributed by atoms with E-state index in [0.29, 0.717) is 15.9 Å². The molecule has 0 aliphatic heterocycles. The van der Waals surface area contributed by atoms with Crippen LogP contribution >= 0.6 is 23.1 Å². The second-order valence-corrected chi connectivity index (χ2v) is 8.13. The van der Waals surface area contributed by atoms with Gasteiger partial charge in [0.25, 0.3) is 0 Å². The summed E-state index contributed by atoms with van der Waals surface area (Å²) < 4.78 is 5.43. The minimum Gasteiger partial charge on any atom is -0.467 e. The van der Waals surface area contributed by atoms with Crippen LogP contribution in [0.2, 0.25) is 0 Å². The Morgan fingerprint density at radius 3 is 2.62 bits per heavy atom. The van der Waals surface area contributed by atoms with E-state index in [2.05, 4.69) is 20.8 Å². The number of esters is 1. The molecule has 0 aliphatic rings. The Balaban J connectivity index is 1.84. The van der Waals surface area contributed by atoms with Gasteiger partial charge in [0.15, 0.2) is 4.34 Å². The molecular weight excluding hydrogens is 372 g/mol. The fourth-order valence-corrected chi connectivity index (χ4v) is 3.74. The first-order chi connectivity index (χ1) is 12.5. The number of ether oxygens (including phenoxy) is 1. The van der Waals surface area contributed by atoms with Crippen LogP contribution in [0.15, 0.2) is 34.7 Å². The van der Waals surface area contributed by atoms with Crippen molar-refractivity contribution in [2.24, 2.45) is 5.92 Å². The lowest BCUT2D eigenvalue weighted by Crippen LogP contribution is -2.43. The van der Waals surface area contributed by atoms with Crippen molar-refractivity contribution >= 4 is 45.8 Å². The third-order valence-electron chi connectivity index (χ3n) is 3.29. The zero-order valence-corrected chi connectivity index (χ0v) is 16.5. The van der Waals surface area contributed by atoms with Crippen LogP contribution in [0.3, 0.4) is 0 Å². The van der Waals surface area contributed by atoms with Crippen molar-refractivity contribution in [2.45, 2.75) is 30.6 Å². The van der Waals surface area contributed by atoms with E-state index < -0.39 is 12.0 Å². The average Bonchev–Trinajstić information content (AvgIpc) is 3.06. The van der Waals surface area contributed by atoms with E-state index in [9.17, 15) is 9.59 Å². The maximum absolute atomic E-state index is 12.1. The van der Waals surface area contributed by atoms with Crippen molar-refractivity contribution in [3.8, 4) is 0 Å². The molecule has 0 radical (unpaired) electrons. The molecule has 1 heterocycles. The van der Waals surface area contributed by atoms with Gasteiger partial charge in [-0.15, -0.1) is 10.2 Å². The number of hydrogen-bond donors (Lipinski definition) is 2. The summed E-state index contributed by atoms with van der Waals surface area (Å²) in [5.74, 6) is -0.242. The van der Waals surface area contributed by atoms with E-state index in [1.165, 1.54) is 30.2 Å². The molecule has 1 atom stereocenters. The Morgan fingerprint density at radius 1 is 1.23 bits per heavy atom. The molecule has 0 spiro atoms. The molecule has 1 amide bonds. The van der Waals surface area contributed by atoms with Gasteiger partial charge in [-0.2, -0.15) is 0 Å². The van der Waals surface area contributed by atoms with Crippen LogP contribution in [-0.4, -0.2) is 41.0 Å². The highest BCUT2D eigenvalue weighted by Gasteiger charge is 2.22. The zero-order valence-electron chi connectivity index (χ0n) is 14.9. The summed E-state index contributed by atoms with van der Waals surface area (Å²) in [5, 5.41) is 14.7. The molecule has 0 aliphatic carbocycles. The summed E-state index contributed by atoms with van der Waals surface area (Å²) in [6.45, 7) is 3.97. The molecule has 1 aromatic carbocycles. The van der Waals surface area contributed by atoms with Gasteiger partial charge in [-0.1, -0.05) is 55.1 Å². The van der Waals surface area contributed by atoms with Crippen LogP contribution in [0.1, 0.15) is 20.3 Å². The van der Waals surface area contributed by atoms with Gasteiger partial charge >= 0.3 is 5.97 Å².